The van der Waals surface area contributed by atoms with Crippen molar-refractivity contribution in [3.63, 3.8) is 0 Å². The first-order valence-corrected chi connectivity index (χ1v) is 9.66. The van der Waals surface area contributed by atoms with Gasteiger partial charge in [-0.3, -0.25) is 0 Å². The van der Waals surface area contributed by atoms with Crippen LogP contribution in [0.1, 0.15) is 5.56 Å². The zero-order chi connectivity index (χ0) is 19.8. The number of anilines is 1. The molecule has 2 aromatic rings. The number of carbonyl (C=O) groups is 1. The molecule has 1 aliphatic heterocycles. The molecule has 6 nitrogen and oxygen atoms in total. The van der Waals surface area contributed by atoms with E-state index in [4.69, 9.17) is 9.47 Å². The summed E-state index contributed by atoms with van der Waals surface area (Å²) in [5.41, 5.74) is 1.76. The van der Waals surface area contributed by atoms with Gasteiger partial charge in [-0.1, -0.05) is 42.5 Å². The van der Waals surface area contributed by atoms with Gasteiger partial charge >= 0.3 is 6.03 Å². The zero-order valence-corrected chi connectivity index (χ0v) is 16.6. The smallest absolute Gasteiger partial charge is 0.322 e. The SMILES string of the molecule is CN(C)C[C@@H]1COCCN(C(=O)Nc2ccccc2OCc2ccccc2)C1. The van der Waals surface area contributed by atoms with Gasteiger partial charge in [0, 0.05) is 25.6 Å². The van der Waals surface area contributed by atoms with E-state index >= 15 is 0 Å². The first-order chi connectivity index (χ1) is 13.6. The Balaban J connectivity index is 1.63. The molecule has 0 radical (unpaired) electrons. The lowest BCUT2D eigenvalue weighted by Gasteiger charge is -2.26. The highest BCUT2D eigenvalue weighted by atomic mass is 16.5. The van der Waals surface area contributed by atoms with Crippen LogP contribution in [0, 0.1) is 5.92 Å². The Bertz CT molecular complexity index is 752. The predicted molar refractivity (Wildman–Crippen MR) is 111 cm³/mol. The van der Waals surface area contributed by atoms with Crippen LogP contribution in [-0.2, 0) is 11.3 Å². The fraction of sp³-hybridized carbons (Fsp3) is 0.409. The summed E-state index contributed by atoms with van der Waals surface area (Å²) in [6.07, 6.45) is 0. The molecule has 0 spiro atoms. The van der Waals surface area contributed by atoms with Crippen LogP contribution in [0.3, 0.4) is 0 Å². The number of hydrogen-bond acceptors (Lipinski definition) is 4. The number of nitrogens with one attached hydrogen (secondary N) is 1. The van der Waals surface area contributed by atoms with Crippen molar-refractivity contribution < 1.29 is 14.3 Å². The summed E-state index contributed by atoms with van der Waals surface area (Å²) in [6.45, 7) is 3.85. The summed E-state index contributed by atoms with van der Waals surface area (Å²) in [5.74, 6) is 0.962. The molecule has 2 aromatic carbocycles. The third kappa shape index (κ3) is 5.97. The number of ether oxygens (including phenoxy) is 2. The summed E-state index contributed by atoms with van der Waals surface area (Å²) in [4.78, 5) is 16.8. The molecule has 0 bridgehead atoms. The molecule has 3 rings (SSSR count). The lowest BCUT2D eigenvalue weighted by molar-refractivity contribution is 0.112. The Morgan fingerprint density at radius 1 is 1.18 bits per heavy atom. The number of nitrogens with zero attached hydrogens (tertiary/aromatic N) is 2. The summed E-state index contributed by atoms with van der Waals surface area (Å²) < 4.78 is 11.6. The molecule has 0 aromatic heterocycles. The van der Waals surface area contributed by atoms with Crippen LogP contribution in [0.4, 0.5) is 10.5 Å². The predicted octanol–water partition coefficient (Wildman–Crippen LogP) is 3.31. The van der Waals surface area contributed by atoms with Gasteiger partial charge in [0.15, 0.2) is 0 Å². The molecule has 150 valence electrons. The molecule has 1 fully saturated rings. The van der Waals surface area contributed by atoms with E-state index in [-0.39, 0.29) is 6.03 Å². The maximum absolute atomic E-state index is 12.9. The molecule has 1 aliphatic rings. The van der Waals surface area contributed by atoms with Crippen molar-refractivity contribution in [3.05, 3.63) is 60.2 Å². The summed E-state index contributed by atoms with van der Waals surface area (Å²) in [7, 11) is 4.07. The molecule has 28 heavy (non-hydrogen) atoms. The highest BCUT2D eigenvalue weighted by molar-refractivity contribution is 5.91. The highest BCUT2D eigenvalue weighted by Crippen LogP contribution is 2.25. The zero-order valence-electron chi connectivity index (χ0n) is 16.6. The molecule has 0 aliphatic carbocycles. The van der Waals surface area contributed by atoms with Gasteiger partial charge in [0.05, 0.1) is 18.9 Å². The Labute approximate surface area is 167 Å². The van der Waals surface area contributed by atoms with E-state index in [1.54, 1.807) is 0 Å². The first-order valence-electron chi connectivity index (χ1n) is 9.66. The van der Waals surface area contributed by atoms with Gasteiger partial charge < -0.3 is 24.6 Å². The molecule has 1 saturated heterocycles. The van der Waals surface area contributed by atoms with Crippen LogP contribution in [0.2, 0.25) is 0 Å². The highest BCUT2D eigenvalue weighted by Gasteiger charge is 2.23. The first kappa shape index (κ1) is 20.2. The van der Waals surface area contributed by atoms with Gasteiger partial charge in [0.2, 0.25) is 0 Å². The minimum Gasteiger partial charge on any atom is -0.487 e. The maximum Gasteiger partial charge on any atom is 0.322 e. The third-order valence-electron chi connectivity index (χ3n) is 4.61. The largest absolute Gasteiger partial charge is 0.487 e. The Hall–Kier alpha value is -2.57. The standard InChI is InChI=1S/C22H29N3O3/c1-24(2)14-19-15-25(12-13-27-16-19)22(26)23-20-10-6-7-11-21(20)28-17-18-8-4-3-5-9-18/h3-11,19H,12-17H2,1-2H3,(H,23,26)/t19-/m0/s1. The number of benzene rings is 2. The average Bonchev–Trinajstić information content (AvgIpc) is 2.93. The van der Waals surface area contributed by atoms with Crippen molar-refractivity contribution in [1.29, 1.82) is 0 Å². The van der Waals surface area contributed by atoms with E-state index in [1.807, 2.05) is 73.6 Å². The van der Waals surface area contributed by atoms with E-state index in [1.165, 1.54) is 0 Å². The third-order valence-corrected chi connectivity index (χ3v) is 4.61. The normalized spacial score (nSPS) is 17.2. The second-order valence-corrected chi connectivity index (χ2v) is 7.35. The van der Waals surface area contributed by atoms with Gasteiger partial charge in [-0.15, -0.1) is 0 Å². The van der Waals surface area contributed by atoms with Gasteiger partial charge in [-0.2, -0.15) is 0 Å². The van der Waals surface area contributed by atoms with E-state index < -0.39 is 0 Å². The molecule has 2 amide bonds. The number of amides is 2. The van der Waals surface area contributed by atoms with E-state index in [2.05, 4.69) is 10.2 Å². The molecule has 6 heteroatoms. The van der Waals surface area contributed by atoms with Crippen LogP contribution in [0.15, 0.2) is 54.6 Å². The molecule has 1 atom stereocenters. The topological polar surface area (TPSA) is 54.0 Å². The van der Waals surface area contributed by atoms with Crippen molar-refractivity contribution in [2.75, 3.05) is 52.3 Å². The van der Waals surface area contributed by atoms with Crippen molar-refractivity contribution in [2.24, 2.45) is 5.92 Å². The molecule has 1 heterocycles. The van der Waals surface area contributed by atoms with Crippen LogP contribution < -0.4 is 10.1 Å². The maximum atomic E-state index is 12.9. The van der Waals surface area contributed by atoms with Crippen molar-refractivity contribution in [1.82, 2.24) is 9.80 Å². The van der Waals surface area contributed by atoms with Crippen molar-refractivity contribution >= 4 is 11.7 Å². The Morgan fingerprint density at radius 2 is 1.93 bits per heavy atom. The van der Waals surface area contributed by atoms with Crippen molar-refractivity contribution in [2.45, 2.75) is 6.61 Å². The van der Waals surface area contributed by atoms with E-state index in [0.29, 0.717) is 50.3 Å². The van der Waals surface area contributed by atoms with Crippen LogP contribution in [0.25, 0.3) is 0 Å². The van der Waals surface area contributed by atoms with E-state index in [0.717, 1.165) is 12.1 Å². The second-order valence-electron chi connectivity index (χ2n) is 7.35. The van der Waals surface area contributed by atoms with Gasteiger partial charge in [0.1, 0.15) is 12.4 Å². The summed E-state index contributed by atoms with van der Waals surface area (Å²) >= 11 is 0. The van der Waals surface area contributed by atoms with Gasteiger partial charge in [-0.25, -0.2) is 4.79 Å². The molecular weight excluding hydrogens is 354 g/mol. The Morgan fingerprint density at radius 3 is 2.71 bits per heavy atom. The minimum atomic E-state index is -0.120. The monoisotopic (exact) mass is 383 g/mol. The lowest BCUT2D eigenvalue weighted by atomic mass is 10.1. The second kappa shape index (κ2) is 10.1. The number of carbonyl (C=O) groups excluding carboxylic acids is 1. The van der Waals surface area contributed by atoms with Crippen LogP contribution in [-0.4, -0.2) is 62.8 Å². The van der Waals surface area contributed by atoms with Crippen molar-refractivity contribution in [3.8, 4) is 5.75 Å². The number of para-hydroxylation sites is 2. The number of rotatable bonds is 6. The molecular formula is C22H29N3O3. The van der Waals surface area contributed by atoms with Gasteiger partial charge in [-0.05, 0) is 31.8 Å². The van der Waals surface area contributed by atoms with E-state index in [9.17, 15) is 4.79 Å². The molecule has 0 saturated carbocycles. The Kier molecular flexibility index (Phi) is 7.28. The quantitative estimate of drug-likeness (QED) is 0.832. The summed E-state index contributed by atoms with van der Waals surface area (Å²) in [5, 5.41) is 3.01. The van der Waals surface area contributed by atoms with Crippen LogP contribution in [0.5, 0.6) is 5.75 Å². The van der Waals surface area contributed by atoms with Crippen LogP contribution >= 0.6 is 0 Å². The van der Waals surface area contributed by atoms with Gasteiger partial charge in [0.25, 0.3) is 0 Å². The number of hydrogen-bond donors (Lipinski definition) is 1. The summed E-state index contributed by atoms with van der Waals surface area (Å²) in [6, 6.07) is 17.4. The average molecular weight is 383 g/mol. The fourth-order valence-corrected chi connectivity index (χ4v) is 3.32. The molecule has 1 N–H and O–H groups in total. The molecule has 0 unspecified atom stereocenters. The lowest BCUT2D eigenvalue weighted by Crippen LogP contribution is -2.41. The fourth-order valence-electron chi connectivity index (χ4n) is 3.32. The number of urea groups is 1. The minimum absolute atomic E-state index is 0.120.